The lowest BCUT2D eigenvalue weighted by Crippen LogP contribution is -2.39. The summed E-state index contributed by atoms with van der Waals surface area (Å²) in [5, 5.41) is 3.46. The molecular formula is C13H18FNOS. The van der Waals surface area contributed by atoms with Gasteiger partial charge in [0.25, 0.3) is 0 Å². The molecule has 0 saturated heterocycles. The number of benzene rings is 1. The monoisotopic (exact) mass is 255 g/mol. The lowest BCUT2D eigenvalue weighted by atomic mass is 9.91. The molecule has 0 radical (unpaired) electrons. The summed E-state index contributed by atoms with van der Waals surface area (Å²) in [6.07, 6.45) is 0. The molecule has 1 N–H and O–H groups in total. The first-order chi connectivity index (χ1) is 8.06. The van der Waals surface area contributed by atoms with Crippen LogP contribution in [0.15, 0.2) is 23.1 Å². The molecule has 1 aromatic rings. The van der Waals surface area contributed by atoms with Crippen LogP contribution >= 0.6 is 0 Å². The van der Waals surface area contributed by atoms with Crippen molar-refractivity contribution in [1.82, 2.24) is 5.32 Å². The fraction of sp³-hybridized carbons (Fsp3) is 0.538. The highest BCUT2D eigenvalue weighted by molar-refractivity contribution is 7.85. The Balaban J connectivity index is 2.52. The minimum atomic E-state index is -1.03. The minimum Gasteiger partial charge on any atom is -0.310 e. The molecule has 4 unspecified atom stereocenters. The van der Waals surface area contributed by atoms with Crippen molar-refractivity contribution in [3.8, 4) is 0 Å². The third kappa shape index (κ3) is 2.16. The summed E-state index contributed by atoms with van der Waals surface area (Å²) in [6, 6.07) is 4.66. The maximum absolute atomic E-state index is 13.3. The molecule has 17 heavy (non-hydrogen) atoms. The predicted octanol–water partition coefficient (Wildman–Crippen LogP) is 2.62. The maximum atomic E-state index is 13.3. The second-order valence-electron chi connectivity index (χ2n) is 4.58. The topological polar surface area (TPSA) is 29.1 Å². The van der Waals surface area contributed by atoms with E-state index in [-0.39, 0.29) is 23.0 Å². The van der Waals surface area contributed by atoms with E-state index in [9.17, 15) is 8.60 Å². The van der Waals surface area contributed by atoms with Gasteiger partial charge in [-0.2, -0.15) is 0 Å². The average Bonchev–Trinajstić information content (AvgIpc) is 2.32. The van der Waals surface area contributed by atoms with E-state index in [2.05, 4.69) is 12.2 Å². The van der Waals surface area contributed by atoms with E-state index < -0.39 is 10.8 Å². The Bertz CT molecular complexity index is 449. The van der Waals surface area contributed by atoms with Crippen LogP contribution in [0.5, 0.6) is 0 Å². The van der Waals surface area contributed by atoms with Crippen molar-refractivity contribution in [2.24, 2.45) is 5.92 Å². The fourth-order valence-corrected chi connectivity index (χ4v) is 3.98. The lowest BCUT2D eigenvalue weighted by Gasteiger charge is -2.35. The quantitative estimate of drug-likeness (QED) is 0.880. The first-order valence-corrected chi connectivity index (χ1v) is 7.21. The summed E-state index contributed by atoms with van der Waals surface area (Å²) in [7, 11) is -1.03. The van der Waals surface area contributed by atoms with Gasteiger partial charge in [0, 0.05) is 16.2 Å². The second kappa shape index (κ2) is 4.86. The van der Waals surface area contributed by atoms with Crippen molar-refractivity contribution < 1.29 is 8.60 Å². The van der Waals surface area contributed by atoms with Crippen LogP contribution in [0.25, 0.3) is 0 Å². The van der Waals surface area contributed by atoms with Crippen LogP contribution in [0.1, 0.15) is 32.4 Å². The van der Waals surface area contributed by atoms with E-state index >= 15 is 0 Å². The van der Waals surface area contributed by atoms with Crippen LogP contribution in [0.3, 0.4) is 0 Å². The summed E-state index contributed by atoms with van der Waals surface area (Å²) in [4.78, 5) is 0.781. The molecule has 4 heteroatoms. The van der Waals surface area contributed by atoms with Gasteiger partial charge in [-0.05, 0) is 36.2 Å². The van der Waals surface area contributed by atoms with E-state index in [4.69, 9.17) is 0 Å². The highest BCUT2D eigenvalue weighted by Gasteiger charge is 2.36. The first kappa shape index (κ1) is 12.7. The third-order valence-corrected chi connectivity index (χ3v) is 5.46. The summed E-state index contributed by atoms with van der Waals surface area (Å²) in [6.45, 7) is 6.92. The van der Waals surface area contributed by atoms with Crippen molar-refractivity contribution in [2.75, 3.05) is 6.54 Å². The number of rotatable bonds is 2. The lowest BCUT2D eigenvalue weighted by molar-refractivity contribution is 0.371. The van der Waals surface area contributed by atoms with Crippen LogP contribution in [-0.2, 0) is 10.8 Å². The van der Waals surface area contributed by atoms with Gasteiger partial charge in [0.2, 0.25) is 0 Å². The van der Waals surface area contributed by atoms with Gasteiger partial charge >= 0.3 is 0 Å². The molecule has 0 saturated carbocycles. The minimum absolute atomic E-state index is 0.0945. The largest absolute Gasteiger partial charge is 0.310 e. The summed E-state index contributed by atoms with van der Waals surface area (Å²) in [5.41, 5.74) is 0.857. The number of hydrogen-bond acceptors (Lipinski definition) is 2. The molecule has 0 aromatic heterocycles. The van der Waals surface area contributed by atoms with Gasteiger partial charge in [0.15, 0.2) is 0 Å². The fourth-order valence-electron chi connectivity index (χ4n) is 2.41. The normalized spacial score (nSPS) is 32.2. The molecule has 1 aliphatic rings. The third-order valence-electron chi connectivity index (χ3n) is 3.55. The SMILES string of the molecule is CCNC1c2cc(F)ccc2S(=O)C(C)C1C. The summed E-state index contributed by atoms with van der Waals surface area (Å²) in [5.74, 6) is -0.0181. The van der Waals surface area contributed by atoms with Crippen LogP contribution in [0.4, 0.5) is 4.39 Å². The van der Waals surface area contributed by atoms with E-state index in [0.29, 0.717) is 0 Å². The van der Waals surface area contributed by atoms with Gasteiger partial charge in [-0.1, -0.05) is 20.8 Å². The zero-order chi connectivity index (χ0) is 12.6. The molecule has 1 aliphatic heterocycles. The number of fused-ring (bicyclic) bond motifs is 1. The van der Waals surface area contributed by atoms with E-state index in [1.807, 2.05) is 13.8 Å². The van der Waals surface area contributed by atoms with Crippen LogP contribution in [0.2, 0.25) is 0 Å². The van der Waals surface area contributed by atoms with Crippen LogP contribution in [0, 0.1) is 11.7 Å². The smallest absolute Gasteiger partial charge is 0.123 e. The Labute approximate surface area is 104 Å². The van der Waals surface area contributed by atoms with Gasteiger partial charge in [-0.3, -0.25) is 4.21 Å². The van der Waals surface area contributed by atoms with Crippen molar-refractivity contribution in [3.63, 3.8) is 0 Å². The number of halogens is 1. The Morgan fingerprint density at radius 2 is 2.12 bits per heavy atom. The Hall–Kier alpha value is -0.740. The molecule has 2 nitrogen and oxygen atoms in total. The highest BCUT2D eigenvalue weighted by atomic mass is 32.2. The molecule has 94 valence electrons. The van der Waals surface area contributed by atoms with Crippen molar-refractivity contribution in [3.05, 3.63) is 29.6 Å². The van der Waals surface area contributed by atoms with Crippen molar-refractivity contribution >= 4 is 10.8 Å². The number of nitrogens with one attached hydrogen (secondary N) is 1. The van der Waals surface area contributed by atoms with Gasteiger partial charge < -0.3 is 5.32 Å². The average molecular weight is 255 g/mol. The summed E-state index contributed by atoms with van der Waals surface area (Å²) < 4.78 is 25.6. The van der Waals surface area contributed by atoms with Gasteiger partial charge in [0.1, 0.15) is 5.82 Å². The van der Waals surface area contributed by atoms with Crippen LogP contribution < -0.4 is 5.32 Å². The highest BCUT2D eigenvalue weighted by Crippen LogP contribution is 2.38. The van der Waals surface area contributed by atoms with Crippen molar-refractivity contribution in [2.45, 2.75) is 37.0 Å². The molecule has 1 heterocycles. The molecule has 0 fully saturated rings. The molecule has 0 bridgehead atoms. The zero-order valence-electron chi connectivity index (χ0n) is 10.4. The van der Waals surface area contributed by atoms with Gasteiger partial charge in [-0.15, -0.1) is 0 Å². The molecule has 0 aliphatic carbocycles. The molecule has 0 amide bonds. The van der Waals surface area contributed by atoms with Crippen LogP contribution in [-0.4, -0.2) is 16.0 Å². The van der Waals surface area contributed by atoms with Gasteiger partial charge in [-0.25, -0.2) is 4.39 Å². The maximum Gasteiger partial charge on any atom is 0.123 e. The standard InChI is InChI=1S/C13H18FNOS/c1-4-15-13-8(2)9(3)17(16)12-6-5-10(14)7-11(12)13/h5-9,13,15H,4H2,1-3H3. The number of hydrogen-bond donors (Lipinski definition) is 1. The Morgan fingerprint density at radius 3 is 2.76 bits per heavy atom. The molecular weight excluding hydrogens is 237 g/mol. The molecule has 4 atom stereocenters. The summed E-state index contributed by atoms with van der Waals surface area (Å²) >= 11 is 0. The van der Waals surface area contributed by atoms with Crippen molar-refractivity contribution in [1.29, 1.82) is 0 Å². The van der Waals surface area contributed by atoms with E-state index in [1.165, 1.54) is 12.1 Å². The second-order valence-corrected chi connectivity index (χ2v) is 6.36. The Kier molecular flexibility index (Phi) is 3.64. The molecule has 1 aromatic carbocycles. The Morgan fingerprint density at radius 1 is 1.41 bits per heavy atom. The van der Waals surface area contributed by atoms with E-state index in [0.717, 1.165) is 17.0 Å². The zero-order valence-corrected chi connectivity index (χ0v) is 11.2. The predicted molar refractivity (Wildman–Crippen MR) is 67.9 cm³/mol. The molecule has 0 spiro atoms. The molecule has 2 rings (SSSR count). The first-order valence-electron chi connectivity index (χ1n) is 5.99. The van der Waals surface area contributed by atoms with E-state index in [1.54, 1.807) is 6.07 Å². The van der Waals surface area contributed by atoms with Gasteiger partial charge in [0.05, 0.1) is 10.8 Å².